The highest BCUT2D eigenvalue weighted by Gasteiger charge is 2.25. The van der Waals surface area contributed by atoms with E-state index in [2.05, 4.69) is 4.72 Å². The maximum Gasteiger partial charge on any atom is 0.241 e. The van der Waals surface area contributed by atoms with E-state index in [0.29, 0.717) is 4.90 Å². The summed E-state index contributed by atoms with van der Waals surface area (Å²) < 4.78 is 28.6. The Bertz CT molecular complexity index is 762. The number of rotatable bonds is 4. The number of hydrogen-bond donors (Lipinski definition) is 1. The molecular weight excluding hydrogens is 314 g/mol. The van der Waals surface area contributed by atoms with Gasteiger partial charge < -0.3 is 0 Å². The molecule has 22 heavy (non-hydrogen) atoms. The Morgan fingerprint density at radius 3 is 1.91 bits per heavy atom. The topological polar surface area (TPSA) is 46.2 Å². The van der Waals surface area contributed by atoms with Gasteiger partial charge in [0.15, 0.2) is 0 Å². The molecule has 0 radical (unpaired) electrons. The summed E-state index contributed by atoms with van der Waals surface area (Å²) in [7, 11) is -3.55. The van der Waals surface area contributed by atoms with Crippen LogP contribution in [-0.2, 0) is 10.0 Å². The van der Waals surface area contributed by atoms with E-state index in [-0.39, 0.29) is 6.04 Å². The Morgan fingerprint density at radius 2 is 1.45 bits per heavy atom. The van der Waals surface area contributed by atoms with Crippen molar-refractivity contribution in [2.24, 2.45) is 0 Å². The fourth-order valence-electron chi connectivity index (χ4n) is 2.76. The van der Waals surface area contributed by atoms with Crippen LogP contribution in [-0.4, -0.2) is 8.42 Å². The van der Waals surface area contributed by atoms with Crippen LogP contribution in [0.2, 0.25) is 0 Å². The number of benzene rings is 1. The Hall–Kier alpha value is -1.17. The van der Waals surface area contributed by atoms with Crippen LogP contribution in [0.25, 0.3) is 0 Å². The fraction of sp³-hybridized carbons (Fsp3) is 0.412. The lowest BCUT2D eigenvalue weighted by Gasteiger charge is -2.20. The van der Waals surface area contributed by atoms with Gasteiger partial charge >= 0.3 is 0 Å². The van der Waals surface area contributed by atoms with Crippen molar-refractivity contribution in [3.8, 4) is 0 Å². The SMILES string of the molecule is Cc1c(C)c(C)c(S(=O)(=O)N[C@H](C)c2cccs2)c(C)c1C. The van der Waals surface area contributed by atoms with Crippen LogP contribution in [0.4, 0.5) is 0 Å². The van der Waals surface area contributed by atoms with Crippen LogP contribution < -0.4 is 4.72 Å². The first-order valence-electron chi connectivity index (χ1n) is 7.29. The first kappa shape index (κ1) is 17.2. The fourth-order valence-corrected chi connectivity index (χ4v) is 5.39. The smallest absolute Gasteiger partial charge is 0.207 e. The Morgan fingerprint density at radius 1 is 0.955 bits per heavy atom. The highest BCUT2D eigenvalue weighted by molar-refractivity contribution is 7.89. The number of sulfonamides is 1. The highest BCUT2D eigenvalue weighted by atomic mass is 32.2. The van der Waals surface area contributed by atoms with Crippen LogP contribution in [0.15, 0.2) is 22.4 Å². The number of nitrogens with one attached hydrogen (secondary N) is 1. The van der Waals surface area contributed by atoms with Gasteiger partial charge in [-0.05, 0) is 80.8 Å². The van der Waals surface area contributed by atoms with Gasteiger partial charge in [0.05, 0.1) is 10.9 Å². The van der Waals surface area contributed by atoms with Crippen LogP contribution in [0.5, 0.6) is 0 Å². The van der Waals surface area contributed by atoms with Crippen LogP contribution >= 0.6 is 11.3 Å². The predicted octanol–water partition coefficient (Wildman–Crippen LogP) is 4.33. The minimum Gasteiger partial charge on any atom is -0.207 e. The molecule has 1 N–H and O–H groups in total. The third kappa shape index (κ3) is 2.98. The Kier molecular flexibility index (Phi) is 4.80. The van der Waals surface area contributed by atoms with E-state index in [1.807, 2.05) is 59.1 Å². The highest BCUT2D eigenvalue weighted by Crippen LogP contribution is 2.30. The van der Waals surface area contributed by atoms with Crippen molar-refractivity contribution in [3.05, 3.63) is 50.2 Å². The van der Waals surface area contributed by atoms with Crippen molar-refractivity contribution in [2.75, 3.05) is 0 Å². The molecule has 1 aromatic carbocycles. The molecule has 1 aromatic heterocycles. The zero-order valence-electron chi connectivity index (χ0n) is 13.9. The second kappa shape index (κ2) is 6.14. The van der Waals surface area contributed by atoms with Gasteiger partial charge in [0, 0.05) is 4.88 Å². The average molecular weight is 338 g/mol. The molecule has 0 aliphatic heterocycles. The predicted molar refractivity (Wildman–Crippen MR) is 93.2 cm³/mol. The molecule has 0 amide bonds. The van der Waals surface area contributed by atoms with Gasteiger partial charge in [-0.2, -0.15) is 0 Å². The first-order chi connectivity index (χ1) is 10.2. The molecule has 0 saturated carbocycles. The molecule has 0 fully saturated rings. The van der Waals surface area contributed by atoms with Gasteiger partial charge in [0.1, 0.15) is 0 Å². The molecule has 1 atom stereocenters. The van der Waals surface area contributed by atoms with Crippen molar-refractivity contribution < 1.29 is 8.42 Å². The van der Waals surface area contributed by atoms with Crippen molar-refractivity contribution in [2.45, 2.75) is 52.5 Å². The third-order valence-electron chi connectivity index (χ3n) is 4.50. The minimum atomic E-state index is -3.55. The van der Waals surface area contributed by atoms with E-state index in [4.69, 9.17) is 0 Å². The normalized spacial score (nSPS) is 13.4. The summed E-state index contributed by atoms with van der Waals surface area (Å²) in [6, 6.07) is 3.65. The summed E-state index contributed by atoms with van der Waals surface area (Å²) in [5.41, 5.74) is 4.94. The summed E-state index contributed by atoms with van der Waals surface area (Å²) in [5.74, 6) is 0. The molecule has 1 heterocycles. The maximum atomic E-state index is 12.9. The molecule has 2 rings (SSSR count). The average Bonchev–Trinajstić information content (AvgIpc) is 2.96. The molecule has 0 saturated heterocycles. The van der Waals surface area contributed by atoms with Crippen LogP contribution in [0.3, 0.4) is 0 Å². The second-order valence-electron chi connectivity index (χ2n) is 5.81. The van der Waals surface area contributed by atoms with Crippen LogP contribution in [0, 0.1) is 34.6 Å². The largest absolute Gasteiger partial charge is 0.241 e. The molecule has 120 valence electrons. The van der Waals surface area contributed by atoms with E-state index in [9.17, 15) is 8.42 Å². The molecule has 0 spiro atoms. The van der Waals surface area contributed by atoms with E-state index in [1.165, 1.54) is 5.56 Å². The summed E-state index contributed by atoms with van der Waals surface area (Å²) >= 11 is 1.56. The van der Waals surface area contributed by atoms with E-state index >= 15 is 0 Å². The molecule has 0 bridgehead atoms. The summed E-state index contributed by atoms with van der Waals surface area (Å²) in [6.45, 7) is 11.7. The molecule has 0 unspecified atom stereocenters. The lowest BCUT2D eigenvalue weighted by Crippen LogP contribution is -2.28. The van der Waals surface area contributed by atoms with Crippen molar-refractivity contribution in [1.29, 1.82) is 0 Å². The standard InChI is InChI=1S/C17H23NO2S2/c1-10-11(2)13(4)17(14(5)12(10)3)22(19,20)18-15(6)16-8-7-9-21-16/h7-9,15,18H,1-6H3/t15-/m1/s1. The zero-order valence-corrected chi connectivity index (χ0v) is 15.6. The molecule has 2 aromatic rings. The number of thiophene rings is 1. The van der Waals surface area contributed by atoms with Gasteiger partial charge in [-0.15, -0.1) is 11.3 Å². The minimum absolute atomic E-state index is 0.231. The lowest BCUT2D eigenvalue weighted by molar-refractivity contribution is 0.567. The summed E-state index contributed by atoms with van der Waals surface area (Å²) in [5, 5.41) is 1.96. The first-order valence-corrected chi connectivity index (χ1v) is 9.65. The van der Waals surface area contributed by atoms with E-state index in [0.717, 1.165) is 27.1 Å². The molecule has 0 aliphatic rings. The Balaban J connectivity index is 2.51. The van der Waals surface area contributed by atoms with E-state index in [1.54, 1.807) is 11.3 Å². The zero-order chi connectivity index (χ0) is 16.7. The maximum absolute atomic E-state index is 12.9. The van der Waals surface area contributed by atoms with Gasteiger partial charge in [-0.3, -0.25) is 0 Å². The molecule has 5 heteroatoms. The van der Waals surface area contributed by atoms with E-state index < -0.39 is 10.0 Å². The van der Waals surface area contributed by atoms with Gasteiger partial charge in [0.25, 0.3) is 0 Å². The van der Waals surface area contributed by atoms with Gasteiger partial charge in [-0.25, -0.2) is 13.1 Å². The number of hydrogen-bond acceptors (Lipinski definition) is 3. The quantitative estimate of drug-likeness (QED) is 0.902. The van der Waals surface area contributed by atoms with Crippen molar-refractivity contribution in [3.63, 3.8) is 0 Å². The van der Waals surface area contributed by atoms with Crippen LogP contribution in [0.1, 0.15) is 45.7 Å². The summed E-state index contributed by atoms with van der Waals surface area (Å²) in [6.07, 6.45) is 0. The molecule has 0 aliphatic carbocycles. The van der Waals surface area contributed by atoms with Gasteiger partial charge in [-0.1, -0.05) is 6.07 Å². The molecule has 3 nitrogen and oxygen atoms in total. The third-order valence-corrected chi connectivity index (χ3v) is 7.37. The Labute approximate surface area is 137 Å². The monoisotopic (exact) mass is 337 g/mol. The second-order valence-corrected chi connectivity index (χ2v) is 8.44. The summed E-state index contributed by atoms with van der Waals surface area (Å²) in [4.78, 5) is 1.44. The lowest BCUT2D eigenvalue weighted by atomic mass is 9.95. The molecular formula is C17H23NO2S2. The van der Waals surface area contributed by atoms with Crippen molar-refractivity contribution >= 4 is 21.4 Å². The van der Waals surface area contributed by atoms with Crippen molar-refractivity contribution in [1.82, 2.24) is 4.72 Å². The van der Waals surface area contributed by atoms with Gasteiger partial charge in [0.2, 0.25) is 10.0 Å².